The fraction of sp³-hybridized carbons (Fsp3) is 0.444. The van der Waals surface area contributed by atoms with Gasteiger partial charge in [-0.3, -0.25) is 0 Å². The van der Waals surface area contributed by atoms with Gasteiger partial charge in [0.2, 0.25) is 0 Å². The molecular formula is C9H12N2O5. The highest BCUT2D eigenvalue weighted by atomic mass is 16.6. The van der Waals surface area contributed by atoms with Gasteiger partial charge in [-0.05, 0) is 0 Å². The molecular weight excluding hydrogens is 216 g/mol. The van der Waals surface area contributed by atoms with Crippen LogP contribution in [0.4, 0.5) is 5.82 Å². The summed E-state index contributed by atoms with van der Waals surface area (Å²) in [4.78, 5) is 24.3. The molecule has 1 rings (SSSR count). The molecule has 0 N–H and O–H groups in total. The van der Waals surface area contributed by atoms with Gasteiger partial charge in [0.15, 0.2) is 11.4 Å². The van der Waals surface area contributed by atoms with Gasteiger partial charge in [-0.2, -0.15) is 0 Å². The summed E-state index contributed by atoms with van der Waals surface area (Å²) in [6, 6.07) is 0. The number of hydrogen-bond donors (Lipinski definition) is 0. The Morgan fingerprint density at radius 1 is 1.19 bits per heavy atom. The summed E-state index contributed by atoms with van der Waals surface area (Å²) >= 11 is 0. The molecule has 0 saturated carbocycles. The predicted octanol–water partition coefficient (Wildman–Crippen LogP) is 0.314. The number of rotatable bonds is 3. The van der Waals surface area contributed by atoms with Gasteiger partial charge in [0.05, 0.1) is 14.2 Å². The standard InChI is InChI=1S/C9H12N2O5/c1-11(2)7-5(8(12)14-3)6(16-10-7)9(13)15-4/h1-4H3. The molecule has 0 atom stereocenters. The molecule has 0 amide bonds. The van der Waals surface area contributed by atoms with Crippen LogP contribution in [0.2, 0.25) is 0 Å². The van der Waals surface area contributed by atoms with Crippen molar-refractivity contribution >= 4 is 17.8 Å². The van der Waals surface area contributed by atoms with Crippen LogP contribution < -0.4 is 4.90 Å². The number of esters is 2. The van der Waals surface area contributed by atoms with Gasteiger partial charge in [0.1, 0.15) is 0 Å². The van der Waals surface area contributed by atoms with Crippen LogP contribution >= 0.6 is 0 Å². The zero-order chi connectivity index (χ0) is 12.3. The molecule has 7 nitrogen and oxygen atoms in total. The monoisotopic (exact) mass is 228 g/mol. The number of nitrogens with zero attached hydrogens (tertiary/aromatic N) is 2. The van der Waals surface area contributed by atoms with Crippen molar-refractivity contribution in [1.82, 2.24) is 5.16 Å². The van der Waals surface area contributed by atoms with Crippen LogP contribution in [0.5, 0.6) is 0 Å². The van der Waals surface area contributed by atoms with Crippen molar-refractivity contribution in [3.63, 3.8) is 0 Å². The summed E-state index contributed by atoms with van der Waals surface area (Å²) in [6.07, 6.45) is 0. The smallest absolute Gasteiger partial charge is 0.377 e. The van der Waals surface area contributed by atoms with Gasteiger partial charge < -0.3 is 18.9 Å². The fourth-order valence-electron chi connectivity index (χ4n) is 1.11. The van der Waals surface area contributed by atoms with Crippen molar-refractivity contribution in [2.24, 2.45) is 0 Å². The zero-order valence-electron chi connectivity index (χ0n) is 9.44. The first-order valence-corrected chi connectivity index (χ1v) is 4.36. The van der Waals surface area contributed by atoms with E-state index in [9.17, 15) is 9.59 Å². The highest BCUT2D eigenvalue weighted by molar-refractivity contribution is 6.04. The lowest BCUT2D eigenvalue weighted by Crippen LogP contribution is -2.16. The SMILES string of the molecule is COC(=O)c1onc(N(C)C)c1C(=O)OC. The third-order valence-electron chi connectivity index (χ3n) is 1.86. The third kappa shape index (κ3) is 1.97. The normalized spacial score (nSPS) is 9.75. The second-order valence-electron chi connectivity index (χ2n) is 3.09. The molecule has 0 aromatic carbocycles. The van der Waals surface area contributed by atoms with Gasteiger partial charge in [0.25, 0.3) is 5.76 Å². The highest BCUT2D eigenvalue weighted by Gasteiger charge is 2.30. The minimum absolute atomic E-state index is 0.0423. The average Bonchev–Trinajstić information content (AvgIpc) is 2.71. The van der Waals surface area contributed by atoms with E-state index in [-0.39, 0.29) is 17.1 Å². The van der Waals surface area contributed by atoms with Gasteiger partial charge in [0, 0.05) is 14.1 Å². The number of ether oxygens (including phenoxy) is 2. The van der Waals surface area contributed by atoms with Crippen molar-refractivity contribution in [3.05, 3.63) is 11.3 Å². The van der Waals surface area contributed by atoms with E-state index in [0.29, 0.717) is 0 Å². The third-order valence-corrected chi connectivity index (χ3v) is 1.86. The van der Waals surface area contributed by atoms with E-state index in [0.717, 1.165) is 0 Å². The Balaban J connectivity index is 3.30. The molecule has 1 aromatic rings. The quantitative estimate of drug-likeness (QED) is 0.688. The summed E-state index contributed by atoms with van der Waals surface area (Å²) in [7, 11) is 5.70. The first-order valence-electron chi connectivity index (χ1n) is 4.36. The molecule has 16 heavy (non-hydrogen) atoms. The maximum atomic E-state index is 11.5. The van der Waals surface area contributed by atoms with E-state index < -0.39 is 11.9 Å². The molecule has 0 aliphatic heterocycles. The van der Waals surface area contributed by atoms with Crippen LogP contribution in [0.25, 0.3) is 0 Å². The minimum Gasteiger partial charge on any atom is -0.465 e. The molecule has 1 heterocycles. The Kier molecular flexibility index (Phi) is 3.49. The van der Waals surface area contributed by atoms with Gasteiger partial charge >= 0.3 is 11.9 Å². The number of anilines is 1. The topological polar surface area (TPSA) is 81.9 Å². The number of carbonyl (C=O) groups is 2. The van der Waals surface area contributed by atoms with Crippen LogP contribution in [-0.4, -0.2) is 45.4 Å². The van der Waals surface area contributed by atoms with E-state index in [1.165, 1.54) is 19.1 Å². The second-order valence-corrected chi connectivity index (χ2v) is 3.09. The number of carbonyl (C=O) groups excluding carboxylic acids is 2. The zero-order valence-corrected chi connectivity index (χ0v) is 9.44. The van der Waals surface area contributed by atoms with Crippen LogP contribution in [0.1, 0.15) is 20.9 Å². The van der Waals surface area contributed by atoms with Crippen LogP contribution in [0.15, 0.2) is 4.52 Å². The molecule has 1 aromatic heterocycles. The minimum atomic E-state index is -0.777. The molecule has 0 aliphatic rings. The molecule has 0 fully saturated rings. The molecule has 0 unspecified atom stereocenters. The molecule has 0 radical (unpaired) electrons. The van der Waals surface area contributed by atoms with Crippen molar-refractivity contribution in [3.8, 4) is 0 Å². The van der Waals surface area contributed by atoms with Crippen molar-refractivity contribution < 1.29 is 23.6 Å². The number of hydrogen-bond acceptors (Lipinski definition) is 7. The lowest BCUT2D eigenvalue weighted by molar-refractivity contribution is 0.0521. The summed E-state index contributed by atoms with van der Waals surface area (Å²) in [5.74, 6) is -1.53. The van der Waals surface area contributed by atoms with E-state index in [1.807, 2.05) is 0 Å². The molecule has 0 spiro atoms. The van der Waals surface area contributed by atoms with Crippen LogP contribution in [0, 0.1) is 0 Å². The van der Waals surface area contributed by atoms with Crippen LogP contribution in [-0.2, 0) is 9.47 Å². The van der Waals surface area contributed by atoms with Crippen molar-refractivity contribution in [1.29, 1.82) is 0 Å². The maximum Gasteiger partial charge on any atom is 0.377 e. The Morgan fingerprint density at radius 2 is 1.75 bits per heavy atom. The Bertz CT molecular complexity index is 410. The first-order chi connectivity index (χ1) is 7.52. The van der Waals surface area contributed by atoms with E-state index in [1.54, 1.807) is 14.1 Å². The summed E-state index contributed by atoms with van der Waals surface area (Å²) in [6.45, 7) is 0. The highest BCUT2D eigenvalue weighted by Crippen LogP contribution is 2.22. The molecule has 88 valence electrons. The van der Waals surface area contributed by atoms with Gasteiger partial charge in [-0.15, -0.1) is 0 Å². The Hall–Kier alpha value is -2.05. The molecule has 0 saturated heterocycles. The first kappa shape index (κ1) is 12.0. The average molecular weight is 228 g/mol. The van der Waals surface area contributed by atoms with E-state index in [2.05, 4.69) is 14.6 Å². The van der Waals surface area contributed by atoms with Crippen molar-refractivity contribution in [2.75, 3.05) is 33.2 Å². The van der Waals surface area contributed by atoms with Crippen molar-refractivity contribution in [2.45, 2.75) is 0 Å². The largest absolute Gasteiger partial charge is 0.465 e. The van der Waals surface area contributed by atoms with E-state index in [4.69, 9.17) is 4.52 Å². The Labute approximate surface area is 91.9 Å². The maximum absolute atomic E-state index is 11.5. The van der Waals surface area contributed by atoms with E-state index >= 15 is 0 Å². The molecule has 7 heteroatoms. The molecule has 0 aliphatic carbocycles. The summed E-state index contributed by atoms with van der Waals surface area (Å²) in [5, 5.41) is 3.60. The number of methoxy groups -OCH3 is 2. The summed E-state index contributed by atoms with van der Waals surface area (Å²) < 4.78 is 13.8. The fourth-order valence-corrected chi connectivity index (χ4v) is 1.11. The number of aromatic nitrogens is 1. The predicted molar refractivity (Wildman–Crippen MR) is 53.5 cm³/mol. The molecule has 0 bridgehead atoms. The van der Waals surface area contributed by atoms with Gasteiger partial charge in [-0.25, -0.2) is 9.59 Å². The summed E-state index contributed by atoms with van der Waals surface area (Å²) in [5.41, 5.74) is -0.0423. The lowest BCUT2D eigenvalue weighted by atomic mass is 10.2. The van der Waals surface area contributed by atoms with Crippen LogP contribution in [0.3, 0.4) is 0 Å². The van der Waals surface area contributed by atoms with Gasteiger partial charge in [-0.1, -0.05) is 5.16 Å². The Morgan fingerprint density at radius 3 is 2.19 bits per heavy atom. The second kappa shape index (κ2) is 4.65. The lowest BCUT2D eigenvalue weighted by Gasteiger charge is -2.08.